The van der Waals surface area contributed by atoms with Crippen molar-refractivity contribution in [2.45, 2.75) is 24.8 Å². The number of piperidine rings is 1. The largest absolute Gasteiger partial charge is 0.495 e. The molecule has 3 heterocycles. The van der Waals surface area contributed by atoms with Gasteiger partial charge in [-0.25, -0.2) is 0 Å². The van der Waals surface area contributed by atoms with Crippen LogP contribution in [-0.4, -0.2) is 46.9 Å². The molecule has 8 nitrogen and oxygen atoms in total. The number of aromatic nitrogens is 2. The van der Waals surface area contributed by atoms with Crippen LogP contribution in [0.15, 0.2) is 67.1 Å². The number of pyridine rings is 2. The van der Waals surface area contributed by atoms with Crippen LogP contribution in [-0.2, 0) is 16.8 Å². The van der Waals surface area contributed by atoms with Crippen molar-refractivity contribution < 1.29 is 14.3 Å². The van der Waals surface area contributed by atoms with Crippen molar-refractivity contribution in [1.82, 2.24) is 14.9 Å². The standard InChI is InChI=1S/C25H27N5O3/c1-33-21-7-6-19(15-20(21)29-16-18-8-12-27-13-9-18)23(31)30-14-4-10-25(17-30,24(26)32)22-5-2-3-11-28-22/h2-3,5-9,11-13,15,29H,4,10,14,16-17H2,1H3,(H2,26,32)/t25-/m1/s1. The van der Waals surface area contributed by atoms with Gasteiger partial charge in [-0.3, -0.25) is 19.6 Å². The number of likely N-dealkylation sites (tertiary alicyclic amines) is 1. The molecule has 1 fully saturated rings. The van der Waals surface area contributed by atoms with E-state index < -0.39 is 11.3 Å². The third-order valence-corrected chi connectivity index (χ3v) is 6.09. The summed E-state index contributed by atoms with van der Waals surface area (Å²) in [5.74, 6) is 0.0122. The Kier molecular flexibility index (Phi) is 6.53. The molecule has 3 N–H and O–H groups in total. The number of primary amides is 1. The maximum atomic E-state index is 13.4. The maximum Gasteiger partial charge on any atom is 0.253 e. The molecule has 0 saturated carbocycles. The number of nitrogens with two attached hydrogens (primary N) is 1. The molecule has 3 aromatic rings. The molecule has 33 heavy (non-hydrogen) atoms. The fourth-order valence-electron chi connectivity index (χ4n) is 4.27. The monoisotopic (exact) mass is 445 g/mol. The number of nitrogens with zero attached hydrogens (tertiary/aromatic N) is 3. The number of hydrogen-bond donors (Lipinski definition) is 2. The molecule has 0 unspecified atom stereocenters. The van der Waals surface area contributed by atoms with E-state index in [1.807, 2.05) is 18.2 Å². The zero-order valence-corrected chi connectivity index (χ0v) is 18.5. The van der Waals surface area contributed by atoms with Gasteiger partial charge < -0.3 is 20.7 Å². The lowest BCUT2D eigenvalue weighted by molar-refractivity contribution is -0.125. The van der Waals surface area contributed by atoms with E-state index in [2.05, 4.69) is 15.3 Å². The Morgan fingerprint density at radius 3 is 2.67 bits per heavy atom. The van der Waals surface area contributed by atoms with Crippen LogP contribution in [0.25, 0.3) is 0 Å². The summed E-state index contributed by atoms with van der Waals surface area (Å²) >= 11 is 0. The predicted molar refractivity (Wildman–Crippen MR) is 125 cm³/mol. The summed E-state index contributed by atoms with van der Waals surface area (Å²) < 4.78 is 5.47. The molecule has 1 aliphatic heterocycles. The number of carbonyl (C=O) groups is 2. The Morgan fingerprint density at radius 1 is 1.15 bits per heavy atom. The third kappa shape index (κ3) is 4.64. The summed E-state index contributed by atoms with van der Waals surface area (Å²) in [5.41, 5.74) is 7.73. The molecule has 1 saturated heterocycles. The molecule has 1 atom stereocenters. The van der Waals surface area contributed by atoms with Crippen LogP contribution in [0.5, 0.6) is 5.75 Å². The minimum atomic E-state index is -0.996. The van der Waals surface area contributed by atoms with Crippen molar-refractivity contribution >= 4 is 17.5 Å². The Morgan fingerprint density at radius 2 is 1.97 bits per heavy atom. The first-order chi connectivity index (χ1) is 16.0. The number of carbonyl (C=O) groups excluding carboxylic acids is 2. The van der Waals surface area contributed by atoms with E-state index in [4.69, 9.17) is 10.5 Å². The van der Waals surface area contributed by atoms with E-state index in [1.165, 1.54) is 0 Å². The van der Waals surface area contributed by atoms with Crippen LogP contribution in [0.1, 0.15) is 34.5 Å². The van der Waals surface area contributed by atoms with Gasteiger partial charge in [-0.1, -0.05) is 6.07 Å². The van der Waals surface area contributed by atoms with Crippen LogP contribution in [0.3, 0.4) is 0 Å². The highest BCUT2D eigenvalue weighted by molar-refractivity contribution is 5.97. The molecular weight excluding hydrogens is 418 g/mol. The first-order valence-electron chi connectivity index (χ1n) is 10.8. The van der Waals surface area contributed by atoms with Crippen LogP contribution in [0.2, 0.25) is 0 Å². The molecule has 1 aliphatic rings. The number of hydrogen-bond acceptors (Lipinski definition) is 6. The van der Waals surface area contributed by atoms with E-state index in [9.17, 15) is 9.59 Å². The van der Waals surface area contributed by atoms with E-state index in [0.29, 0.717) is 48.6 Å². The maximum absolute atomic E-state index is 13.4. The van der Waals surface area contributed by atoms with Crippen molar-refractivity contribution in [3.8, 4) is 5.75 Å². The van der Waals surface area contributed by atoms with Gasteiger partial charge >= 0.3 is 0 Å². The lowest BCUT2D eigenvalue weighted by atomic mass is 9.76. The van der Waals surface area contributed by atoms with Crippen LogP contribution >= 0.6 is 0 Å². The minimum Gasteiger partial charge on any atom is -0.495 e. The smallest absolute Gasteiger partial charge is 0.253 e. The molecule has 0 bridgehead atoms. The number of nitrogens with one attached hydrogen (secondary N) is 1. The van der Waals surface area contributed by atoms with Gasteiger partial charge in [0.15, 0.2) is 0 Å². The fraction of sp³-hybridized carbons (Fsp3) is 0.280. The first kappa shape index (κ1) is 22.3. The van der Waals surface area contributed by atoms with E-state index >= 15 is 0 Å². The SMILES string of the molecule is COc1ccc(C(=O)N2CCC[C@](C(N)=O)(c3ccccn3)C2)cc1NCc1ccncc1. The van der Waals surface area contributed by atoms with Gasteiger partial charge in [-0.2, -0.15) is 0 Å². The summed E-state index contributed by atoms with van der Waals surface area (Å²) in [5, 5.41) is 3.33. The minimum absolute atomic E-state index is 0.161. The van der Waals surface area contributed by atoms with Gasteiger partial charge in [-0.15, -0.1) is 0 Å². The number of ether oxygens (including phenoxy) is 1. The Balaban J connectivity index is 1.57. The number of rotatable bonds is 7. The molecule has 1 aromatic carbocycles. The lowest BCUT2D eigenvalue weighted by Gasteiger charge is -2.40. The van der Waals surface area contributed by atoms with E-state index in [1.54, 1.807) is 60.9 Å². The molecule has 170 valence electrons. The van der Waals surface area contributed by atoms with Crippen LogP contribution in [0, 0.1) is 0 Å². The topological polar surface area (TPSA) is 110 Å². The summed E-state index contributed by atoms with van der Waals surface area (Å²) in [4.78, 5) is 36.1. The summed E-state index contributed by atoms with van der Waals surface area (Å²) in [7, 11) is 1.59. The van der Waals surface area contributed by atoms with Crippen molar-refractivity contribution in [2.24, 2.45) is 5.73 Å². The van der Waals surface area contributed by atoms with Crippen molar-refractivity contribution in [3.63, 3.8) is 0 Å². The van der Waals surface area contributed by atoms with Gasteiger partial charge in [0.2, 0.25) is 5.91 Å². The molecule has 8 heteroatoms. The van der Waals surface area contributed by atoms with Crippen molar-refractivity contribution in [1.29, 1.82) is 0 Å². The molecule has 2 aromatic heterocycles. The van der Waals surface area contributed by atoms with Gasteiger partial charge in [0, 0.05) is 43.8 Å². The predicted octanol–water partition coefficient (Wildman–Crippen LogP) is 2.76. The number of methoxy groups -OCH3 is 1. The van der Waals surface area contributed by atoms with Gasteiger partial charge in [0.25, 0.3) is 5.91 Å². The second kappa shape index (κ2) is 9.68. The zero-order chi connectivity index (χ0) is 23.3. The highest BCUT2D eigenvalue weighted by atomic mass is 16.5. The van der Waals surface area contributed by atoms with Crippen LogP contribution in [0.4, 0.5) is 5.69 Å². The molecule has 0 spiro atoms. The van der Waals surface area contributed by atoms with Crippen molar-refractivity contribution in [3.05, 3.63) is 83.9 Å². The third-order valence-electron chi connectivity index (χ3n) is 6.09. The van der Waals surface area contributed by atoms with Gasteiger partial charge in [0.05, 0.1) is 18.5 Å². The Hall–Kier alpha value is -3.94. The number of amides is 2. The van der Waals surface area contributed by atoms with Crippen LogP contribution < -0.4 is 15.8 Å². The first-order valence-corrected chi connectivity index (χ1v) is 10.8. The average Bonchev–Trinajstić information content (AvgIpc) is 2.88. The number of anilines is 1. The van der Waals surface area contributed by atoms with Crippen molar-refractivity contribution in [2.75, 3.05) is 25.5 Å². The highest BCUT2D eigenvalue weighted by Gasteiger charge is 2.44. The summed E-state index contributed by atoms with van der Waals surface area (Å²) in [6.45, 7) is 1.31. The van der Waals surface area contributed by atoms with E-state index in [0.717, 1.165) is 5.56 Å². The van der Waals surface area contributed by atoms with E-state index in [-0.39, 0.29) is 12.5 Å². The van der Waals surface area contributed by atoms with Gasteiger partial charge in [0.1, 0.15) is 11.2 Å². The lowest BCUT2D eigenvalue weighted by Crippen LogP contribution is -2.55. The van der Waals surface area contributed by atoms with Gasteiger partial charge in [-0.05, 0) is 60.9 Å². The second-order valence-corrected chi connectivity index (χ2v) is 8.12. The molecule has 4 rings (SSSR count). The zero-order valence-electron chi connectivity index (χ0n) is 18.5. The quantitative estimate of drug-likeness (QED) is 0.579. The summed E-state index contributed by atoms with van der Waals surface area (Å²) in [6, 6.07) is 14.6. The average molecular weight is 446 g/mol. The normalized spacial score (nSPS) is 17.9. The second-order valence-electron chi connectivity index (χ2n) is 8.12. The summed E-state index contributed by atoms with van der Waals surface area (Å²) in [6.07, 6.45) is 6.33. The number of benzene rings is 1. The molecule has 2 amide bonds. The highest BCUT2D eigenvalue weighted by Crippen LogP contribution is 2.34. The Labute approximate surface area is 192 Å². The Bertz CT molecular complexity index is 1120. The molecular formula is C25H27N5O3. The molecule has 0 aliphatic carbocycles. The molecule has 0 radical (unpaired) electrons. The fourth-order valence-corrected chi connectivity index (χ4v) is 4.27.